The minimum absolute atomic E-state index is 0.304. The molecule has 10 nitrogen and oxygen atoms in total. The molecule has 5 heterocycles. The number of carbonyl (C=O) groups is 1. The fourth-order valence-electron chi connectivity index (χ4n) is 4.56. The minimum atomic E-state index is -0.536. The normalized spacial score (nSPS) is 18.3. The van der Waals surface area contributed by atoms with Crippen molar-refractivity contribution in [1.29, 1.82) is 0 Å². The molecule has 1 fully saturated rings. The lowest BCUT2D eigenvalue weighted by Gasteiger charge is -2.42. The lowest BCUT2D eigenvalue weighted by Crippen LogP contribution is -2.51. The average molecular weight is 492 g/mol. The molecule has 0 aliphatic carbocycles. The monoisotopic (exact) mass is 491 g/mol. The molecule has 0 bridgehead atoms. The number of aromatic nitrogens is 5. The summed E-state index contributed by atoms with van der Waals surface area (Å²) in [5.41, 5.74) is 2.52. The summed E-state index contributed by atoms with van der Waals surface area (Å²) in [6.07, 6.45) is 6.04. The maximum Gasteiger partial charge on any atom is 0.411 e. The van der Waals surface area contributed by atoms with Crippen LogP contribution in [0.5, 0.6) is 0 Å². The van der Waals surface area contributed by atoms with E-state index in [2.05, 4.69) is 23.7 Å². The van der Waals surface area contributed by atoms with Gasteiger partial charge in [-0.15, -0.1) is 0 Å². The van der Waals surface area contributed by atoms with E-state index in [1.54, 1.807) is 15.8 Å². The molecule has 190 valence electrons. The molecular formula is C26H33N7O3. The summed E-state index contributed by atoms with van der Waals surface area (Å²) in [5.74, 6) is 1.29. The number of ether oxygens (including phenoxy) is 2. The number of pyridine rings is 1. The van der Waals surface area contributed by atoms with Gasteiger partial charge in [-0.1, -0.05) is 6.08 Å². The highest BCUT2D eigenvalue weighted by Crippen LogP contribution is 2.34. The molecule has 10 heteroatoms. The Kier molecular flexibility index (Phi) is 6.15. The molecule has 0 atom stereocenters. The molecule has 1 saturated heterocycles. The summed E-state index contributed by atoms with van der Waals surface area (Å²) in [4.78, 5) is 30.8. The van der Waals surface area contributed by atoms with Gasteiger partial charge in [0.05, 0.1) is 24.4 Å². The van der Waals surface area contributed by atoms with Crippen molar-refractivity contribution in [2.24, 2.45) is 0 Å². The molecule has 3 aromatic heterocycles. The molecule has 0 N–H and O–H groups in total. The van der Waals surface area contributed by atoms with Gasteiger partial charge in [0.25, 0.3) is 5.95 Å². The summed E-state index contributed by atoms with van der Waals surface area (Å²) in [5, 5.41) is 4.82. The number of fused-ring (bicyclic) bond motifs is 1. The van der Waals surface area contributed by atoms with E-state index in [1.165, 1.54) is 0 Å². The Morgan fingerprint density at radius 1 is 1.14 bits per heavy atom. The number of rotatable bonds is 3. The van der Waals surface area contributed by atoms with Gasteiger partial charge in [-0.3, -0.25) is 9.88 Å². The summed E-state index contributed by atoms with van der Waals surface area (Å²) in [6, 6.07) is 5.79. The summed E-state index contributed by atoms with van der Waals surface area (Å²) < 4.78 is 12.8. The second-order valence-electron chi connectivity index (χ2n) is 10.8. The van der Waals surface area contributed by atoms with Crippen LogP contribution in [0, 0.1) is 0 Å². The molecule has 0 radical (unpaired) electrons. The standard InChI is InChI=1S/C26H33N7O3/c1-25(2,3)36-24(34)32-11-8-18(17-26(32,4)5)19-9-12-33(30-19)23-28-20-7-6-10-27-21(20)22(29-23)31-13-15-35-16-14-31/h6-10,12H,11,13-17H2,1-5H3. The molecule has 36 heavy (non-hydrogen) atoms. The maximum atomic E-state index is 12.8. The van der Waals surface area contributed by atoms with Crippen LogP contribution >= 0.6 is 0 Å². The molecule has 3 aromatic rings. The van der Waals surface area contributed by atoms with Crippen molar-refractivity contribution in [3.63, 3.8) is 0 Å². The molecule has 2 aliphatic heterocycles. The summed E-state index contributed by atoms with van der Waals surface area (Å²) in [6.45, 7) is 13.0. The molecule has 0 unspecified atom stereocenters. The van der Waals surface area contributed by atoms with Gasteiger partial charge in [-0.05, 0) is 64.8 Å². The van der Waals surface area contributed by atoms with E-state index < -0.39 is 11.1 Å². The van der Waals surface area contributed by atoms with Crippen LogP contribution in [0.4, 0.5) is 10.6 Å². The zero-order chi connectivity index (χ0) is 25.5. The topological polar surface area (TPSA) is 98.5 Å². The molecule has 0 aromatic carbocycles. The van der Waals surface area contributed by atoms with Crippen LogP contribution in [0.3, 0.4) is 0 Å². The zero-order valence-electron chi connectivity index (χ0n) is 21.6. The second-order valence-corrected chi connectivity index (χ2v) is 10.8. The third kappa shape index (κ3) is 4.90. The fraction of sp³-hybridized carbons (Fsp3) is 0.500. The van der Waals surface area contributed by atoms with Crippen molar-refractivity contribution in [3.8, 4) is 5.95 Å². The summed E-state index contributed by atoms with van der Waals surface area (Å²) >= 11 is 0. The van der Waals surface area contributed by atoms with Gasteiger partial charge in [-0.25, -0.2) is 14.5 Å². The van der Waals surface area contributed by atoms with Crippen LogP contribution in [0.25, 0.3) is 22.6 Å². The van der Waals surface area contributed by atoms with E-state index in [1.807, 2.05) is 51.2 Å². The Labute approximate surface area is 210 Å². The smallest absolute Gasteiger partial charge is 0.411 e. The van der Waals surface area contributed by atoms with E-state index in [4.69, 9.17) is 24.5 Å². The number of hydrogen-bond donors (Lipinski definition) is 0. The Bertz CT molecular complexity index is 1300. The quantitative estimate of drug-likeness (QED) is 0.545. The third-order valence-electron chi connectivity index (χ3n) is 6.35. The van der Waals surface area contributed by atoms with E-state index >= 15 is 0 Å². The second kappa shape index (κ2) is 9.16. The molecular weight excluding hydrogens is 458 g/mol. The summed E-state index contributed by atoms with van der Waals surface area (Å²) in [7, 11) is 0. The van der Waals surface area contributed by atoms with Gasteiger partial charge in [0.2, 0.25) is 0 Å². The zero-order valence-corrected chi connectivity index (χ0v) is 21.6. The van der Waals surface area contributed by atoms with Crippen LogP contribution < -0.4 is 4.90 Å². The predicted octanol–water partition coefficient (Wildman–Crippen LogP) is 3.85. The van der Waals surface area contributed by atoms with Gasteiger partial charge in [0.1, 0.15) is 11.1 Å². The Morgan fingerprint density at radius 2 is 1.92 bits per heavy atom. The first kappa shape index (κ1) is 24.2. The number of nitrogens with zero attached hydrogens (tertiary/aromatic N) is 7. The first-order valence-corrected chi connectivity index (χ1v) is 12.3. The van der Waals surface area contributed by atoms with E-state index in [9.17, 15) is 4.79 Å². The lowest BCUT2D eigenvalue weighted by atomic mass is 9.88. The van der Waals surface area contributed by atoms with Crippen LogP contribution in [-0.2, 0) is 9.47 Å². The van der Waals surface area contributed by atoms with Crippen molar-refractivity contribution in [2.45, 2.75) is 52.2 Å². The van der Waals surface area contributed by atoms with Crippen molar-refractivity contribution >= 4 is 28.5 Å². The van der Waals surface area contributed by atoms with Gasteiger partial charge in [0.15, 0.2) is 5.82 Å². The van der Waals surface area contributed by atoms with Crippen molar-refractivity contribution in [3.05, 3.63) is 42.4 Å². The van der Waals surface area contributed by atoms with Gasteiger partial charge in [0, 0.05) is 37.6 Å². The van der Waals surface area contributed by atoms with Gasteiger partial charge < -0.3 is 14.4 Å². The molecule has 0 saturated carbocycles. The maximum absolute atomic E-state index is 12.8. The van der Waals surface area contributed by atoms with Gasteiger partial charge in [-0.2, -0.15) is 10.1 Å². The van der Waals surface area contributed by atoms with Crippen LogP contribution in [0.15, 0.2) is 36.7 Å². The average Bonchev–Trinajstić information content (AvgIpc) is 3.32. The number of morpholine rings is 1. The number of carbonyl (C=O) groups excluding carboxylic acids is 1. The van der Waals surface area contributed by atoms with Crippen LogP contribution in [-0.4, -0.2) is 79.7 Å². The number of anilines is 1. The Morgan fingerprint density at radius 3 is 2.64 bits per heavy atom. The predicted molar refractivity (Wildman–Crippen MR) is 137 cm³/mol. The highest BCUT2D eigenvalue weighted by atomic mass is 16.6. The lowest BCUT2D eigenvalue weighted by molar-refractivity contribution is 0.00615. The largest absolute Gasteiger partial charge is 0.444 e. The molecule has 2 aliphatic rings. The molecule has 0 spiro atoms. The van der Waals surface area contributed by atoms with E-state index in [-0.39, 0.29) is 6.09 Å². The third-order valence-corrected chi connectivity index (χ3v) is 6.35. The minimum Gasteiger partial charge on any atom is -0.444 e. The highest BCUT2D eigenvalue weighted by Gasteiger charge is 2.37. The first-order chi connectivity index (χ1) is 17.1. The first-order valence-electron chi connectivity index (χ1n) is 12.3. The highest BCUT2D eigenvalue weighted by molar-refractivity contribution is 5.86. The number of amides is 1. The van der Waals surface area contributed by atoms with E-state index in [0.717, 1.165) is 41.2 Å². The SMILES string of the molecule is CC(C)(C)OC(=O)N1CC=C(c2ccn(-c3nc(N4CCOCC4)c4ncccc4n3)n2)CC1(C)C. The Hall–Kier alpha value is -3.53. The van der Waals surface area contributed by atoms with Crippen molar-refractivity contribution in [2.75, 3.05) is 37.7 Å². The van der Waals surface area contributed by atoms with Crippen LogP contribution in [0.1, 0.15) is 46.7 Å². The van der Waals surface area contributed by atoms with Crippen molar-refractivity contribution in [1.82, 2.24) is 29.6 Å². The molecule has 1 amide bonds. The van der Waals surface area contributed by atoms with Crippen LogP contribution in [0.2, 0.25) is 0 Å². The fourth-order valence-corrected chi connectivity index (χ4v) is 4.56. The van der Waals surface area contributed by atoms with E-state index in [0.29, 0.717) is 32.1 Å². The number of hydrogen-bond acceptors (Lipinski definition) is 8. The van der Waals surface area contributed by atoms with Crippen molar-refractivity contribution < 1.29 is 14.3 Å². The Balaban J connectivity index is 1.43. The molecule has 5 rings (SSSR count). The van der Waals surface area contributed by atoms with Gasteiger partial charge >= 0.3 is 6.09 Å².